The number of carbonyl (C=O) groups excluding carboxylic acids is 2. The van der Waals surface area contributed by atoms with Gasteiger partial charge in [-0.2, -0.15) is 0 Å². The molecule has 0 radical (unpaired) electrons. The lowest BCUT2D eigenvalue weighted by molar-refractivity contribution is -0.121. The number of carbonyl (C=O) groups is 2. The number of nitrogens with zero attached hydrogens (tertiary/aromatic N) is 6. The molecule has 2 aromatic heterocycles. The van der Waals surface area contributed by atoms with E-state index in [9.17, 15) is 9.59 Å². The number of benzene rings is 4. The summed E-state index contributed by atoms with van der Waals surface area (Å²) in [6, 6.07) is 38.3. The standard InChI is InChI=1S/2C20H21N3O2S/c2*1-15(2)13-23(18(24)14-25-17-11-7-4-8-12-17)20-22-21-19(26-20)16-9-5-3-6-10-16/h2*3-12,15H,13-14H2,1-2H3. The lowest BCUT2D eigenvalue weighted by Gasteiger charge is -2.21. The maximum absolute atomic E-state index is 12.7. The summed E-state index contributed by atoms with van der Waals surface area (Å²) in [6.07, 6.45) is 0. The van der Waals surface area contributed by atoms with Crippen molar-refractivity contribution < 1.29 is 19.1 Å². The first-order valence-electron chi connectivity index (χ1n) is 17.0. The number of aromatic nitrogens is 4. The Balaban J connectivity index is 0.000000201. The quantitative estimate of drug-likeness (QED) is 0.110. The molecule has 0 bridgehead atoms. The number of rotatable bonds is 14. The smallest absolute Gasteiger partial charge is 0.266 e. The van der Waals surface area contributed by atoms with E-state index in [-0.39, 0.29) is 25.0 Å². The Hall–Kier alpha value is -5.46. The van der Waals surface area contributed by atoms with Gasteiger partial charge in [0.05, 0.1) is 0 Å². The number of para-hydroxylation sites is 2. The molecule has 6 rings (SSSR count). The average Bonchev–Trinajstić information content (AvgIpc) is 3.87. The summed E-state index contributed by atoms with van der Waals surface area (Å²) in [5, 5.41) is 19.8. The highest BCUT2D eigenvalue weighted by atomic mass is 32.1. The van der Waals surface area contributed by atoms with E-state index in [1.54, 1.807) is 9.80 Å². The summed E-state index contributed by atoms with van der Waals surface area (Å²) in [6.45, 7) is 9.35. The van der Waals surface area contributed by atoms with E-state index in [0.717, 1.165) is 21.1 Å². The van der Waals surface area contributed by atoms with Gasteiger partial charge in [0.1, 0.15) is 21.5 Å². The van der Waals surface area contributed by atoms with Crippen molar-refractivity contribution in [2.75, 3.05) is 36.1 Å². The van der Waals surface area contributed by atoms with Crippen LogP contribution < -0.4 is 19.3 Å². The van der Waals surface area contributed by atoms with Crippen LogP contribution in [0, 0.1) is 11.8 Å². The van der Waals surface area contributed by atoms with Gasteiger partial charge < -0.3 is 9.47 Å². The number of amides is 2. The third-order valence-electron chi connectivity index (χ3n) is 7.24. The van der Waals surface area contributed by atoms with Crippen LogP contribution in [0.3, 0.4) is 0 Å². The molecule has 0 aliphatic carbocycles. The summed E-state index contributed by atoms with van der Waals surface area (Å²) in [5.41, 5.74) is 1.99. The number of ether oxygens (including phenoxy) is 2. The van der Waals surface area contributed by atoms with Crippen LogP contribution in [0.4, 0.5) is 10.3 Å². The Morgan fingerprint density at radius 3 is 1.17 bits per heavy atom. The van der Waals surface area contributed by atoms with E-state index in [1.165, 1.54) is 22.7 Å². The van der Waals surface area contributed by atoms with Crippen molar-refractivity contribution in [3.05, 3.63) is 121 Å². The molecule has 2 amide bonds. The maximum Gasteiger partial charge on any atom is 0.266 e. The summed E-state index contributed by atoms with van der Waals surface area (Å²) in [5.74, 6) is 1.70. The molecule has 2 heterocycles. The molecule has 268 valence electrons. The highest BCUT2D eigenvalue weighted by Gasteiger charge is 2.23. The number of hydrogen-bond donors (Lipinski definition) is 0. The van der Waals surface area contributed by atoms with Crippen molar-refractivity contribution in [1.29, 1.82) is 0 Å². The van der Waals surface area contributed by atoms with E-state index in [2.05, 4.69) is 48.1 Å². The molecule has 0 aliphatic rings. The topological polar surface area (TPSA) is 111 Å². The molecule has 0 unspecified atom stereocenters. The van der Waals surface area contributed by atoms with E-state index in [1.807, 2.05) is 121 Å². The van der Waals surface area contributed by atoms with Crippen LogP contribution in [-0.4, -0.2) is 58.5 Å². The zero-order chi connectivity index (χ0) is 36.7. The Bertz CT molecular complexity index is 1810. The molecule has 52 heavy (non-hydrogen) atoms. The Kier molecular flexibility index (Phi) is 14.0. The average molecular weight is 735 g/mol. The van der Waals surface area contributed by atoms with Crippen molar-refractivity contribution in [1.82, 2.24) is 20.4 Å². The highest BCUT2D eigenvalue weighted by Crippen LogP contribution is 2.30. The largest absolute Gasteiger partial charge is 0.484 e. The van der Waals surface area contributed by atoms with Crippen LogP contribution >= 0.6 is 22.7 Å². The second kappa shape index (κ2) is 19.2. The van der Waals surface area contributed by atoms with Crippen LogP contribution in [0.15, 0.2) is 121 Å². The predicted molar refractivity (Wildman–Crippen MR) is 209 cm³/mol. The zero-order valence-corrected chi connectivity index (χ0v) is 31.3. The molecule has 12 heteroatoms. The SMILES string of the molecule is CC(C)CN(C(=O)COc1ccccc1)c1nnc(-c2ccccc2)s1.CC(C)CN(C(=O)COc1ccccc1)c1nnc(-c2ccccc2)s1. The minimum absolute atomic E-state index is 0.0308. The van der Waals surface area contributed by atoms with E-state index < -0.39 is 0 Å². The molecular formula is C40H42N6O4S2. The molecule has 0 aliphatic heterocycles. The van der Waals surface area contributed by atoms with Gasteiger partial charge >= 0.3 is 0 Å². The summed E-state index contributed by atoms with van der Waals surface area (Å²) < 4.78 is 11.2. The molecule has 0 saturated carbocycles. The van der Waals surface area contributed by atoms with Crippen LogP contribution in [0.5, 0.6) is 11.5 Å². The fourth-order valence-corrected chi connectivity index (χ4v) is 6.58. The third-order valence-corrected chi connectivity index (χ3v) is 9.23. The predicted octanol–water partition coefficient (Wildman–Crippen LogP) is 8.55. The molecule has 0 atom stereocenters. The zero-order valence-electron chi connectivity index (χ0n) is 29.7. The molecule has 4 aromatic carbocycles. The van der Waals surface area contributed by atoms with Crippen molar-refractivity contribution in [3.63, 3.8) is 0 Å². The normalized spacial score (nSPS) is 10.7. The summed E-state index contributed by atoms with van der Waals surface area (Å²) >= 11 is 2.83. The van der Waals surface area contributed by atoms with Gasteiger partial charge in [-0.15, -0.1) is 20.4 Å². The molecule has 10 nitrogen and oxygen atoms in total. The molecule has 0 N–H and O–H groups in total. The molecule has 0 fully saturated rings. The van der Waals surface area contributed by atoms with Crippen LogP contribution in [-0.2, 0) is 9.59 Å². The third kappa shape index (κ3) is 11.3. The fourth-order valence-electron chi connectivity index (χ4n) is 4.83. The first-order chi connectivity index (χ1) is 25.3. The van der Waals surface area contributed by atoms with Crippen LogP contribution in [0.2, 0.25) is 0 Å². The van der Waals surface area contributed by atoms with Crippen molar-refractivity contribution in [2.24, 2.45) is 11.8 Å². The van der Waals surface area contributed by atoms with E-state index >= 15 is 0 Å². The first kappa shape index (κ1) is 37.8. The van der Waals surface area contributed by atoms with Gasteiger partial charge in [-0.05, 0) is 36.1 Å². The molecular weight excluding hydrogens is 693 g/mol. The minimum atomic E-state index is -0.127. The van der Waals surface area contributed by atoms with Crippen LogP contribution in [0.25, 0.3) is 21.1 Å². The summed E-state index contributed by atoms with van der Waals surface area (Å²) in [4.78, 5) is 28.8. The Labute approximate surface area is 312 Å². The second-order valence-corrected chi connectivity index (χ2v) is 14.4. The molecule has 6 aromatic rings. The maximum atomic E-state index is 12.7. The van der Waals surface area contributed by atoms with Crippen molar-refractivity contribution in [3.8, 4) is 32.6 Å². The molecule has 0 saturated heterocycles. The van der Waals surface area contributed by atoms with Crippen molar-refractivity contribution in [2.45, 2.75) is 27.7 Å². The highest BCUT2D eigenvalue weighted by molar-refractivity contribution is 7.19. The fraction of sp³-hybridized carbons (Fsp3) is 0.250. The molecule has 0 spiro atoms. The summed E-state index contributed by atoms with van der Waals surface area (Å²) in [7, 11) is 0. The Morgan fingerprint density at radius 1 is 0.519 bits per heavy atom. The second-order valence-electron chi connectivity index (χ2n) is 12.5. The van der Waals surface area contributed by atoms with Gasteiger partial charge in [-0.3, -0.25) is 19.4 Å². The monoisotopic (exact) mass is 734 g/mol. The lowest BCUT2D eigenvalue weighted by Crippen LogP contribution is -2.37. The number of hydrogen-bond acceptors (Lipinski definition) is 10. The van der Waals surface area contributed by atoms with Gasteiger partial charge in [0.15, 0.2) is 13.2 Å². The van der Waals surface area contributed by atoms with E-state index in [0.29, 0.717) is 46.7 Å². The van der Waals surface area contributed by atoms with Crippen LogP contribution in [0.1, 0.15) is 27.7 Å². The Morgan fingerprint density at radius 2 is 0.846 bits per heavy atom. The van der Waals surface area contributed by atoms with Gasteiger partial charge in [0.2, 0.25) is 10.3 Å². The number of anilines is 2. The van der Waals surface area contributed by atoms with E-state index in [4.69, 9.17) is 9.47 Å². The minimum Gasteiger partial charge on any atom is -0.484 e. The van der Waals surface area contributed by atoms with Gasteiger partial charge in [-0.25, -0.2) is 0 Å². The lowest BCUT2D eigenvalue weighted by atomic mass is 10.2. The van der Waals surface area contributed by atoms with Gasteiger partial charge in [0, 0.05) is 24.2 Å². The van der Waals surface area contributed by atoms with Gasteiger partial charge in [0.25, 0.3) is 11.8 Å². The first-order valence-corrected chi connectivity index (χ1v) is 18.6. The van der Waals surface area contributed by atoms with Crippen molar-refractivity contribution >= 4 is 44.8 Å². The van der Waals surface area contributed by atoms with Gasteiger partial charge in [-0.1, -0.05) is 147 Å².